The van der Waals surface area contributed by atoms with Crippen LogP contribution in [0.15, 0.2) is 11.0 Å². The van der Waals surface area contributed by atoms with Gasteiger partial charge in [0.05, 0.1) is 5.75 Å². The maximum atomic E-state index is 12.5. The fourth-order valence-electron chi connectivity index (χ4n) is 3.05. The number of aromatic nitrogens is 1. The van der Waals surface area contributed by atoms with Crippen LogP contribution in [0.5, 0.6) is 11.8 Å². The Labute approximate surface area is 136 Å². The number of nitrogens with zero attached hydrogens (tertiary/aromatic N) is 2. The van der Waals surface area contributed by atoms with E-state index in [0.29, 0.717) is 18.9 Å². The molecule has 1 aliphatic carbocycles. The maximum absolute atomic E-state index is 12.5. The topological polar surface area (TPSA) is 68.7 Å². The molecule has 0 amide bonds. The Kier molecular flexibility index (Phi) is 3.53. The molecule has 1 aromatic rings. The van der Waals surface area contributed by atoms with Crippen LogP contribution < -0.4 is 9.47 Å². The zero-order valence-corrected chi connectivity index (χ0v) is 14.2. The predicted octanol–water partition coefficient (Wildman–Crippen LogP) is 1.56. The molecule has 6 nitrogen and oxygen atoms in total. The molecule has 0 atom stereocenters. The monoisotopic (exact) mass is 338 g/mol. The van der Waals surface area contributed by atoms with Crippen LogP contribution in [0, 0.1) is 6.92 Å². The first-order valence-corrected chi connectivity index (χ1v) is 9.91. The van der Waals surface area contributed by atoms with Gasteiger partial charge in [-0.25, -0.2) is 8.42 Å². The molecule has 1 aromatic heterocycles. The lowest BCUT2D eigenvalue weighted by atomic mass is 10.2. The van der Waals surface area contributed by atoms with Crippen LogP contribution in [-0.2, 0) is 9.84 Å². The summed E-state index contributed by atoms with van der Waals surface area (Å²) in [5, 5.41) is 0. The van der Waals surface area contributed by atoms with Crippen molar-refractivity contribution in [2.45, 2.75) is 43.1 Å². The normalized spacial score (nSPS) is 24.2. The third kappa shape index (κ3) is 2.92. The van der Waals surface area contributed by atoms with E-state index in [1.54, 1.807) is 6.07 Å². The number of aryl methyl sites for hydroxylation is 1. The number of pyridine rings is 1. The molecular weight excluding hydrogens is 316 g/mol. The van der Waals surface area contributed by atoms with Gasteiger partial charge in [-0.1, -0.05) is 0 Å². The van der Waals surface area contributed by atoms with Crippen LogP contribution in [0.4, 0.5) is 0 Å². The molecule has 0 unspecified atom stereocenters. The Morgan fingerprint density at radius 1 is 1.35 bits per heavy atom. The lowest BCUT2D eigenvalue weighted by molar-refractivity contribution is 0.140. The molecule has 0 N–H and O–H groups in total. The van der Waals surface area contributed by atoms with Crippen LogP contribution in [0.2, 0.25) is 0 Å². The van der Waals surface area contributed by atoms with Gasteiger partial charge in [0.25, 0.3) is 0 Å². The minimum Gasteiger partial charge on any atom is -0.476 e. The summed E-state index contributed by atoms with van der Waals surface area (Å²) in [5.41, 5.74) is 0.432. The van der Waals surface area contributed by atoms with Crippen molar-refractivity contribution in [3.05, 3.63) is 11.6 Å². The molecular formula is C16H22N2O4S. The lowest BCUT2D eigenvalue weighted by Gasteiger charge is -2.30. The van der Waals surface area contributed by atoms with Crippen molar-refractivity contribution in [2.24, 2.45) is 0 Å². The summed E-state index contributed by atoms with van der Waals surface area (Å²) in [6, 6.07) is 1.65. The molecule has 0 radical (unpaired) electrons. The van der Waals surface area contributed by atoms with E-state index in [0.717, 1.165) is 38.0 Å². The first-order chi connectivity index (χ1) is 11.0. The second kappa shape index (κ2) is 5.34. The molecule has 23 heavy (non-hydrogen) atoms. The predicted molar refractivity (Wildman–Crippen MR) is 84.8 cm³/mol. The number of likely N-dealkylation sites (tertiary alicyclic amines) is 1. The molecule has 0 aromatic carbocycles. The van der Waals surface area contributed by atoms with E-state index in [-0.39, 0.29) is 22.1 Å². The number of sulfone groups is 1. The van der Waals surface area contributed by atoms with Crippen molar-refractivity contribution in [1.29, 1.82) is 0 Å². The van der Waals surface area contributed by atoms with Gasteiger partial charge in [0, 0.05) is 18.5 Å². The van der Waals surface area contributed by atoms with Gasteiger partial charge in [-0.3, -0.25) is 4.90 Å². The van der Waals surface area contributed by atoms with Crippen molar-refractivity contribution in [3.63, 3.8) is 0 Å². The summed E-state index contributed by atoms with van der Waals surface area (Å²) >= 11 is 0. The summed E-state index contributed by atoms with van der Waals surface area (Å²) in [4.78, 5) is 6.94. The number of fused-ring (bicyclic) bond motifs is 1. The molecule has 3 aliphatic rings. The van der Waals surface area contributed by atoms with Crippen molar-refractivity contribution in [2.75, 3.05) is 32.0 Å². The maximum Gasteiger partial charge on any atom is 0.236 e. The van der Waals surface area contributed by atoms with Crippen molar-refractivity contribution in [3.8, 4) is 11.8 Å². The average Bonchev–Trinajstić information content (AvgIpc) is 3.23. The minimum absolute atomic E-state index is 0.135. The Bertz CT molecular complexity index is 724. The lowest BCUT2D eigenvalue weighted by Crippen LogP contribution is -2.39. The second-order valence-corrected chi connectivity index (χ2v) is 8.89. The molecule has 2 fully saturated rings. The van der Waals surface area contributed by atoms with Crippen molar-refractivity contribution in [1.82, 2.24) is 9.88 Å². The van der Waals surface area contributed by atoms with Crippen LogP contribution >= 0.6 is 0 Å². The molecule has 1 saturated carbocycles. The van der Waals surface area contributed by atoms with Crippen LogP contribution in [0.25, 0.3) is 0 Å². The Balaban J connectivity index is 1.58. The third-order valence-corrected chi connectivity index (χ3v) is 6.68. The van der Waals surface area contributed by atoms with Crippen molar-refractivity contribution < 1.29 is 17.9 Å². The summed E-state index contributed by atoms with van der Waals surface area (Å²) in [5.74, 6) is 0.845. The molecule has 2 aliphatic heterocycles. The van der Waals surface area contributed by atoms with Crippen LogP contribution in [0.3, 0.4) is 0 Å². The second-order valence-electron chi connectivity index (χ2n) is 6.81. The SMILES string of the molecule is Cc1cc2c(nc1OCCN1CCC1)OC1(CC1)CCS2(=O)=O. The molecule has 4 rings (SSSR count). The third-order valence-electron chi connectivity index (χ3n) is 4.98. The molecule has 3 heterocycles. The first kappa shape index (κ1) is 15.2. The standard InChI is InChI=1S/C16H22N2O4S/c1-12-11-13-15(17-14(12)21-9-8-18-6-2-7-18)22-16(3-4-16)5-10-23(13,19)20/h11H,2-10H2,1H3. The van der Waals surface area contributed by atoms with Gasteiger partial charge >= 0.3 is 0 Å². The summed E-state index contributed by atoms with van der Waals surface area (Å²) < 4.78 is 36.7. The van der Waals surface area contributed by atoms with E-state index in [4.69, 9.17) is 9.47 Å². The van der Waals surface area contributed by atoms with Gasteiger partial charge in [0.2, 0.25) is 11.8 Å². The highest BCUT2D eigenvalue weighted by molar-refractivity contribution is 7.91. The smallest absolute Gasteiger partial charge is 0.236 e. The average molecular weight is 338 g/mol. The highest BCUT2D eigenvalue weighted by atomic mass is 32.2. The highest BCUT2D eigenvalue weighted by Crippen LogP contribution is 2.47. The Morgan fingerprint density at radius 2 is 2.13 bits per heavy atom. The fraction of sp³-hybridized carbons (Fsp3) is 0.688. The zero-order chi connectivity index (χ0) is 16.1. The van der Waals surface area contributed by atoms with E-state index in [9.17, 15) is 8.42 Å². The summed E-state index contributed by atoms with van der Waals surface area (Å²) in [6.07, 6.45) is 3.62. The van der Waals surface area contributed by atoms with Crippen LogP contribution in [0.1, 0.15) is 31.2 Å². The van der Waals surface area contributed by atoms with Gasteiger partial charge in [0.15, 0.2) is 9.84 Å². The largest absolute Gasteiger partial charge is 0.476 e. The number of hydrogen-bond acceptors (Lipinski definition) is 6. The van der Waals surface area contributed by atoms with E-state index >= 15 is 0 Å². The quantitative estimate of drug-likeness (QED) is 0.830. The first-order valence-electron chi connectivity index (χ1n) is 8.26. The number of hydrogen-bond donors (Lipinski definition) is 0. The Hall–Kier alpha value is -1.34. The van der Waals surface area contributed by atoms with Crippen LogP contribution in [-0.4, -0.2) is 55.9 Å². The molecule has 126 valence electrons. The molecule has 7 heteroatoms. The van der Waals surface area contributed by atoms with E-state index in [2.05, 4.69) is 9.88 Å². The van der Waals surface area contributed by atoms with Crippen molar-refractivity contribution >= 4 is 9.84 Å². The van der Waals surface area contributed by atoms with Gasteiger partial charge in [-0.2, -0.15) is 4.98 Å². The van der Waals surface area contributed by atoms with E-state index in [1.807, 2.05) is 6.92 Å². The molecule has 0 bridgehead atoms. The van der Waals surface area contributed by atoms with E-state index in [1.165, 1.54) is 6.42 Å². The summed E-state index contributed by atoms with van der Waals surface area (Å²) in [7, 11) is -3.33. The van der Waals surface area contributed by atoms with Gasteiger partial charge in [-0.15, -0.1) is 0 Å². The van der Waals surface area contributed by atoms with Gasteiger partial charge in [0.1, 0.15) is 17.1 Å². The molecule has 1 spiro atoms. The van der Waals surface area contributed by atoms with Gasteiger partial charge in [-0.05, 0) is 45.3 Å². The van der Waals surface area contributed by atoms with Gasteiger partial charge < -0.3 is 9.47 Å². The number of ether oxygens (including phenoxy) is 2. The zero-order valence-electron chi connectivity index (χ0n) is 13.4. The molecule has 1 saturated heterocycles. The highest BCUT2D eigenvalue weighted by Gasteiger charge is 2.49. The number of rotatable bonds is 4. The summed E-state index contributed by atoms with van der Waals surface area (Å²) in [6.45, 7) is 5.53. The Morgan fingerprint density at radius 3 is 2.78 bits per heavy atom. The minimum atomic E-state index is -3.33. The fourth-order valence-corrected chi connectivity index (χ4v) is 4.62. The van der Waals surface area contributed by atoms with E-state index < -0.39 is 9.84 Å².